The number of aryl methyl sites for hydroxylation is 2. The van der Waals surface area contributed by atoms with Gasteiger partial charge in [-0.2, -0.15) is 0 Å². The smallest absolute Gasteiger partial charge is 0.251 e. The summed E-state index contributed by atoms with van der Waals surface area (Å²) in [4.78, 5) is 29.0. The van der Waals surface area contributed by atoms with Gasteiger partial charge in [0.25, 0.3) is 5.91 Å². The van der Waals surface area contributed by atoms with Crippen LogP contribution in [0.25, 0.3) is 0 Å². The van der Waals surface area contributed by atoms with E-state index in [4.69, 9.17) is 0 Å². The number of aromatic hydroxyl groups is 1. The van der Waals surface area contributed by atoms with Crippen molar-refractivity contribution in [3.8, 4) is 5.75 Å². The number of carbonyl (C=O) groups excluding carboxylic acids is 2. The van der Waals surface area contributed by atoms with Crippen LogP contribution in [0.1, 0.15) is 55.1 Å². The summed E-state index contributed by atoms with van der Waals surface area (Å²) in [6.45, 7) is 2.54. The Morgan fingerprint density at radius 2 is 2.35 bits per heavy atom. The number of thiazole rings is 1. The van der Waals surface area contributed by atoms with Gasteiger partial charge in [-0.15, -0.1) is 11.3 Å². The normalized spacial score (nSPS) is 16.7. The fraction of sp³-hybridized carbons (Fsp3) is 0.353. The number of nitrogens with zero attached hydrogens (tertiary/aromatic N) is 1. The molecular formula is C17H18N2O3S. The Bertz CT molecular complexity index is 754. The monoisotopic (exact) mass is 330 g/mol. The van der Waals surface area contributed by atoms with Crippen molar-refractivity contribution in [3.63, 3.8) is 0 Å². The average molecular weight is 330 g/mol. The number of aromatic nitrogens is 1. The number of rotatable bonds is 4. The molecule has 0 bridgehead atoms. The molecule has 23 heavy (non-hydrogen) atoms. The molecule has 0 radical (unpaired) electrons. The minimum absolute atomic E-state index is 0.118. The summed E-state index contributed by atoms with van der Waals surface area (Å²) in [6.07, 6.45) is 3.75. The third-order valence-electron chi connectivity index (χ3n) is 4.10. The minimum atomic E-state index is -0.243. The molecule has 3 rings (SSSR count). The molecule has 0 fully saturated rings. The molecule has 1 unspecified atom stereocenters. The molecule has 1 aliphatic rings. The van der Waals surface area contributed by atoms with E-state index in [-0.39, 0.29) is 23.1 Å². The van der Waals surface area contributed by atoms with Gasteiger partial charge < -0.3 is 10.4 Å². The zero-order chi connectivity index (χ0) is 16.4. The molecule has 0 spiro atoms. The number of benzene rings is 1. The highest BCUT2D eigenvalue weighted by Gasteiger charge is 2.24. The molecule has 1 aliphatic carbocycles. The number of phenolic OH excluding ortho intramolecular Hbond substituents is 1. The minimum Gasteiger partial charge on any atom is -0.507 e. The van der Waals surface area contributed by atoms with Crippen molar-refractivity contribution in [2.24, 2.45) is 0 Å². The van der Waals surface area contributed by atoms with Crippen LogP contribution in [0.15, 0.2) is 18.2 Å². The van der Waals surface area contributed by atoms with E-state index in [0.29, 0.717) is 18.4 Å². The van der Waals surface area contributed by atoms with Gasteiger partial charge in [0.1, 0.15) is 5.75 Å². The number of amides is 1. The van der Waals surface area contributed by atoms with Crippen molar-refractivity contribution < 1.29 is 14.7 Å². The highest BCUT2D eigenvalue weighted by molar-refractivity contribution is 7.11. The zero-order valence-corrected chi connectivity index (χ0v) is 13.7. The maximum absolute atomic E-state index is 12.3. The largest absolute Gasteiger partial charge is 0.507 e. The Morgan fingerprint density at radius 1 is 1.52 bits per heavy atom. The molecule has 1 aromatic heterocycles. The van der Waals surface area contributed by atoms with Crippen LogP contribution in [0.5, 0.6) is 5.75 Å². The molecule has 6 heteroatoms. The lowest BCUT2D eigenvalue weighted by Crippen LogP contribution is -2.30. The summed E-state index contributed by atoms with van der Waals surface area (Å²) in [5, 5.41) is 13.5. The van der Waals surface area contributed by atoms with Crippen molar-refractivity contribution >= 4 is 23.5 Å². The van der Waals surface area contributed by atoms with E-state index >= 15 is 0 Å². The van der Waals surface area contributed by atoms with Gasteiger partial charge in [-0.1, -0.05) is 0 Å². The molecular weight excluding hydrogens is 312 g/mol. The van der Waals surface area contributed by atoms with Crippen LogP contribution in [0.4, 0.5) is 0 Å². The first-order valence-electron chi connectivity index (χ1n) is 7.61. The molecule has 0 saturated heterocycles. The fourth-order valence-electron chi connectivity index (χ4n) is 2.94. The number of aldehydes is 1. The fourth-order valence-corrected chi connectivity index (χ4v) is 4.00. The molecule has 1 atom stereocenters. The molecule has 0 aliphatic heterocycles. The third kappa shape index (κ3) is 3.27. The van der Waals surface area contributed by atoms with E-state index in [2.05, 4.69) is 10.3 Å². The van der Waals surface area contributed by atoms with E-state index < -0.39 is 0 Å². The van der Waals surface area contributed by atoms with Crippen LogP contribution in [0.3, 0.4) is 0 Å². The van der Waals surface area contributed by atoms with E-state index in [1.54, 1.807) is 11.3 Å². The molecule has 1 amide bonds. The summed E-state index contributed by atoms with van der Waals surface area (Å²) in [7, 11) is 0. The number of fused-ring (bicyclic) bond motifs is 1. The lowest BCUT2D eigenvalue weighted by molar-refractivity contribution is 0.0950. The summed E-state index contributed by atoms with van der Waals surface area (Å²) < 4.78 is 0. The van der Waals surface area contributed by atoms with Crippen molar-refractivity contribution in [2.45, 2.75) is 32.1 Å². The van der Waals surface area contributed by atoms with Gasteiger partial charge in [-0.25, -0.2) is 4.98 Å². The predicted octanol–water partition coefficient (Wildman–Crippen LogP) is 2.82. The third-order valence-corrected chi connectivity index (χ3v) is 5.15. The zero-order valence-electron chi connectivity index (χ0n) is 12.8. The quantitative estimate of drug-likeness (QED) is 0.845. The SMILES string of the molecule is Cc1nc2c(s1)CCCC2CNC(=O)c1ccc(O)c(C=O)c1. The predicted molar refractivity (Wildman–Crippen MR) is 88.4 cm³/mol. The van der Waals surface area contributed by atoms with Crippen LogP contribution in [0.2, 0.25) is 0 Å². The van der Waals surface area contributed by atoms with Crippen molar-refractivity contribution in [1.29, 1.82) is 0 Å². The number of hydrogen-bond donors (Lipinski definition) is 2. The molecule has 5 nitrogen and oxygen atoms in total. The maximum atomic E-state index is 12.3. The first-order chi connectivity index (χ1) is 11.1. The highest BCUT2D eigenvalue weighted by atomic mass is 32.1. The summed E-state index contributed by atoms with van der Waals surface area (Å²) in [6, 6.07) is 4.27. The second kappa shape index (κ2) is 6.50. The Hall–Kier alpha value is -2.21. The van der Waals surface area contributed by atoms with Gasteiger partial charge in [0, 0.05) is 22.9 Å². The topological polar surface area (TPSA) is 79.3 Å². The Balaban J connectivity index is 1.69. The van der Waals surface area contributed by atoms with Crippen LogP contribution in [0, 0.1) is 6.92 Å². The molecule has 2 N–H and O–H groups in total. The van der Waals surface area contributed by atoms with E-state index in [9.17, 15) is 14.7 Å². The van der Waals surface area contributed by atoms with Crippen LogP contribution >= 0.6 is 11.3 Å². The van der Waals surface area contributed by atoms with Crippen LogP contribution in [-0.2, 0) is 6.42 Å². The van der Waals surface area contributed by atoms with Gasteiger partial charge in [-0.3, -0.25) is 9.59 Å². The number of carbonyl (C=O) groups is 2. The molecule has 2 aromatic rings. The highest BCUT2D eigenvalue weighted by Crippen LogP contribution is 2.34. The number of hydrogen-bond acceptors (Lipinski definition) is 5. The lowest BCUT2D eigenvalue weighted by atomic mass is 9.91. The van der Waals surface area contributed by atoms with Crippen LogP contribution < -0.4 is 5.32 Å². The molecule has 1 aromatic carbocycles. The second-order valence-electron chi connectivity index (χ2n) is 5.73. The van der Waals surface area contributed by atoms with E-state index in [1.807, 2.05) is 6.92 Å². The molecule has 120 valence electrons. The van der Waals surface area contributed by atoms with Crippen molar-refractivity contribution in [3.05, 3.63) is 44.9 Å². The number of phenols is 1. The summed E-state index contributed by atoms with van der Waals surface area (Å²) in [5.41, 5.74) is 1.61. The first kappa shape index (κ1) is 15.7. The van der Waals surface area contributed by atoms with Gasteiger partial charge in [0.2, 0.25) is 0 Å². The average Bonchev–Trinajstić information content (AvgIpc) is 2.93. The molecule has 0 saturated carbocycles. The van der Waals surface area contributed by atoms with Crippen molar-refractivity contribution in [2.75, 3.05) is 6.54 Å². The van der Waals surface area contributed by atoms with Gasteiger partial charge in [0.05, 0.1) is 16.3 Å². The second-order valence-corrected chi connectivity index (χ2v) is 7.02. The van der Waals surface area contributed by atoms with Crippen molar-refractivity contribution in [1.82, 2.24) is 10.3 Å². The van der Waals surface area contributed by atoms with E-state index in [1.165, 1.54) is 23.1 Å². The van der Waals surface area contributed by atoms with Crippen LogP contribution in [-0.4, -0.2) is 28.8 Å². The van der Waals surface area contributed by atoms with Gasteiger partial charge >= 0.3 is 0 Å². The summed E-state index contributed by atoms with van der Waals surface area (Å²) in [5.74, 6) is -0.117. The lowest BCUT2D eigenvalue weighted by Gasteiger charge is -2.21. The summed E-state index contributed by atoms with van der Waals surface area (Å²) >= 11 is 1.74. The van der Waals surface area contributed by atoms with E-state index in [0.717, 1.165) is 30.0 Å². The Morgan fingerprint density at radius 3 is 3.13 bits per heavy atom. The maximum Gasteiger partial charge on any atom is 0.251 e. The Labute approximate surface area is 138 Å². The van der Waals surface area contributed by atoms with Gasteiger partial charge in [0.15, 0.2) is 6.29 Å². The molecule has 1 heterocycles. The first-order valence-corrected chi connectivity index (χ1v) is 8.42. The Kier molecular flexibility index (Phi) is 4.43. The van der Waals surface area contributed by atoms with Gasteiger partial charge in [-0.05, 0) is 44.4 Å². The standard InChI is InChI=1S/C17H18N2O3S/c1-10-19-16-12(3-2-4-15(16)23-10)8-18-17(22)11-5-6-14(21)13(7-11)9-20/h5-7,9,12,21H,2-4,8H2,1H3,(H,18,22). The number of nitrogens with one attached hydrogen (secondary N) is 1.